The lowest BCUT2D eigenvalue weighted by Crippen LogP contribution is -2.38. The van der Waals surface area contributed by atoms with Crippen LogP contribution >= 0.6 is 0 Å². The zero-order valence-electron chi connectivity index (χ0n) is 16.0. The highest BCUT2D eigenvalue weighted by molar-refractivity contribution is 5.79. The van der Waals surface area contributed by atoms with Crippen molar-refractivity contribution in [3.8, 4) is 5.75 Å². The van der Waals surface area contributed by atoms with E-state index in [-0.39, 0.29) is 5.82 Å². The molecule has 0 aromatic heterocycles. The monoisotopic (exact) mass is 373 g/mol. The van der Waals surface area contributed by atoms with Gasteiger partial charge in [0.15, 0.2) is 5.96 Å². The quantitative estimate of drug-likeness (QED) is 0.382. The van der Waals surface area contributed by atoms with E-state index in [0.717, 1.165) is 35.8 Å². The average Bonchev–Trinajstić information content (AvgIpc) is 2.67. The van der Waals surface area contributed by atoms with E-state index < -0.39 is 0 Å². The molecule has 2 aromatic rings. The molecule has 0 spiro atoms. The number of ether oxygens (including phenoxy) is 2. The Morgan fingerprint density at radius 1 is 1.04 bits per heavy atom. The zero-order valence-corrected chi connectivity index (χ0v) is 16.0. The van der Waals surface area contributed by atoms with Crippen LogP contribution in [0, 0.1) is 5.82 Å². The SMILES string of the molecule is CCNC(=NCc1ccc(OCCOC)cc1)NCCc1cccc(F)c1. The van der Waals surface area contributed by atoms with Gasteiger partial charge in [0, 0.05) is 20.2 Å². The van der Waals surface area contributed by atoms with Gasteiger partial charge in [0.1, 0.15) is 18.2 Å². The predicted molar refractivity (Wildman–Crippen MR) is 107 cm³/mol. The number of hydrogen-bond acceptors (Lipinski definition) is 3. The molecule has 0 bridgehead atoms. The van der Waals surface area contributed by atoms with Crippen LogP contribution in [0.25, 0.3) is 0 Å². The highest BCUT2D eigenvalue weighted by Crippen LogP contribution is 2.12. The largest absolute Gasteiger partial charge is 0.491 e. The summed E-state index contributed by atoms with van der Waals surface area (Å²) in [5.74, 6) is 1.36. The van der Waals surface area contributed by atoms with Crippen LogP contribution < -0.4 is 15.4 Å². The summed E-state index contributed by atoms with van der Waals surface area (Å²) < 4.78 is 23.7. The van der Waals surface area contributed by atoms with Gasteiger partial charge in [0.25, 0.3) is 0 Å². The predicted octanol–water partition coefficient (Wildman–Crippen LogP) is 3.15. The van der Waals surface area contributed by atoms with Gasteiger partial charge in [-0.15, -0.1) is 0 Å². The molecule has 0 atom stereocenters. The molecule has 0 heterocycles. The van der Waals surface area contributed by atoms with E-state index >= 15 is 0 Å². The molecule has 6 heteroatoms. The summed E-state index contributed by atoms with van der Waals surface area (Å²) in [5.41, 5.74) is 2.05. The first-order valence-corrected chi connectivity index (χ1v) is 9.18. The summed E-state index contributed by atoms with van der Waals surface area (Å²) in [7, 11) is 1.65. The number of nitrogens with zero attached hydrogens (tertiary/aromatic N) is 1. The topological polar surface area (TPSA) is 54.9 Å². The molecule has 0 aliphatic carbocycles. The van der Waals surface area contributed by atoms with Crippen molar-refractivity contribution in [1.82, 2.24) is 10.6 Å². The number of hydrogen-bond donors (Lipinski definition) is 2. The van der Waals surface area contributed by atoms with E-state index in [0.29, 0.717) is 26.3 Å². The van der Waals surface area contributed by atoms with E-state index in [2.05, 4.69) is 15.6 Å². The van der Waals surface area contributed by atoms with Crippen LogP contribution in [0.3, 0.4) is 0 Å². The fourth-order valence-electron chi connectivity index (χ4n) is 2.46. The number of guanidine groups is 1. The van der Waals surface area contributed by atoms with Gasteiger partial charge in [-0.3, -0.25) is 0 Å². The summed E-state index contributed by atoms with van der Waals surface area (Å²) in [4.78, 5) is 4.60. The molecule has 0 fully saturated rings. The van der Waals surface area contributed by atoms with E-state index in [9.17, 15) is 4.39 Å². The molecule has 0 saturated carbocycles. The van der Waals surface area contributed by atoms with Crippen LogP contribution in [0.5, 0.6) is 5.75 Å². The molecule has 2 aromatic carbocycles. The number of rotatable bonds is 10. The highest BCUT2D eigenvalue weighted by atomic mass is 19.1. The molecule has 0 saturated heterocycles. The minimum atomic E-state index is -0.206. The summed E-state index contributed by atoms with van der Waals surface area (Å²) in [5, 5.41) is 6.50. The van der Waals surface area contributed by atoms with Gasteiger partial charge in [-0.25, -0.2) is 9.38 Å². The first-order valence-electron chi connectivity index (χ1n) is 9.18. The number of halogens is 1. The van der Waals surface area contributed by atoms with Gasteiger partial charge < -0.3 is 20.1 Å². The highest BCUT2D eigenvalue weighted by Gasteiger charge is 2.00. The minimum absolute atomic E-state index is 0.206. The van der Waals surface area contributed by atoms with Crippen LogP contribution in [0.4, 0.5) is 4.39 Å². The third kappa shape index (κ3) is 8.09. The van der Waals surface area contributed by atoms with E-state index in [1.165, 1.54) is 6.07 Å². The second-order valence-corrected chi connectivity index (χ2v) is 5.99. The van der Waals surface area contributed by atoms with Crippen molar-refractivity contribution in [1.29, 1.82) is 0 Å². The zero-order chi connectivity index (χ0) is 19.3. The van der Waals surface area contributed by atoms with Crippen molar-refractivity contribution in [2.75, 3.05) is 33.4 Å². The van der Waals surface area contributed by atoms with Crippen molar-refractivity contribution in [3.63, 3.8) is 0 Å². The third-order valence-electron chi connectivity index (χ3n) is 3.84. The number of nitrogens with one attached hydrogen (secondary N) is 2. The Kier molecular flexibility index (Phi) is 9.13. The fraction of sp³-hybridized carbons (Fsp3) is 0.381. The molecule has 0 radical (unpaired) electrons. The second kappa shape index (κ2) is 11.9. The Morgan fingerprint density at radius 2 is 1.85 bits per heavy atom. The van der Waals surface area contributed by atoms with Crippen LogP contribution in [0.15, 0.2) is 53.5 Å². The van der Waals surface area contributed by atoms with Gasteiger partial charge in [0.05, 0.1) is 13.2 Å². The maximum atomic E-state index is 13.2. The van der Waals surface area contributed by atoms with Gasteiger partial charge in [-0.05, 0) is 48.7 Å². The Hall–Kier alpha value is -2.60. The molecular weight excluding hydrogens is 345 g/mol. The van der Waals surface area contributed by atoms with Gasteiger partial charge in [-0.1, -0.05) is 24.3 Å². The molecule has 0 amide bonds. The smallest absolute Gasteiger partial charge is 0.191 e. The normalized spacial score (nSPS) is 11.3. The summed E-state index contributed by atoms with van der Waals surface area (Å²) in [6.45, 7) is 5.15. The molecule has 0 aliphatic heterocycles. The van der Waals surface area contributed by atoms with Gasteiger partial charge in [-0.2, -0.15) is 0 Å². The summed E-state index contributed by atoms with van der Waals surface area (Å²) >= 11 is 0. The molecule has 0 aliphatic rings. The average molecular weight is 373 g/mol. The lowest BCUT2D eigenvalue weighted by molar-refractivity contribution is 0.146. The minimum Gasteiger partial charge on any atom is -0.491 e. The lowest BCUT2D eigenvalue weighted by Gasteiger charge is -2.11. The van der Waals surface area contributed by atoms with Crippen LogP contribution in [-0.4, -0.2) is 39.4 Å². The number of methoxy groups -OCH3 is 1. The van der Waals surface area contributed by atoms with E-state index in [4.69, 9.17) is 9.47 Å². The van der Waals surface area contributed by atoms with Crippen molar-refractivity contribution >= 4 is 5.96 Å². The second-order valence-electron chi connectivity index (χ2n) is 5.99. The third-order valence-corrected chi connectivity index (χ3v) is 3.84. The molecular formula is C21H28FN3O2. The molecule has 27 heavy (non-hydrogen) atoms. The molecule has 5 nitrogen and oxygen atoms in total. The van der Waals surface area contributed by atoms with E-state index in [1.54, 1.807) is 19.2 Å². The Balaban J connectivity index is 1.83. The first kappa shape index (κ1) is 20.7. The summed E-state index contributed by atoms with van der Waals surface area (Å²) in [6.07, 6.45) is 0.732. The Morgan fingerprint density at radius 3 is 2.56 bits per heavy atom. The number of benzene rings is 2. The van der Waals surface area contributed by atoms with Gasteiger partial charge in [0.2, 0.25) is 0 Å². The maximum Gasteiger partial charge on any atom is 0.191 e. The Labute approximate surface area is 160 Å². The first-order chi connectivity index (χ1) is 13.2. The number of aliphatic imine (C=N–C) groups is 1. The fourth-order valence-corrected chi connectivity index (χ4v) is 2.46. The molecule has 0 unspecified atom stereocenters. The molecule has 2 N–H and O–H groups in total. The molecule has 2 rings (SSSR count). The Bertz CT molecular complexity index is 705. The van der Waals surface area contributed by atoms with E-state index in [1.807, 2.05) is 37.3 Å². The lowest BCUT2D eigenvalue weighted by atomic mass is 10.1. The van der Waals surface area contributed by atoms with Crippen LogP contribution in [0.2, 0.25) is 0 Å². The van der Waals surface area contributed by atoms with Crippen molar-refractivity contribution < 1.29 is 13.9 Å². The van der Waals surface area contributed by atoms with Crippen LogP contribution in [-0.2, 0) is 17.7 Å². The maximum absolute atomic E-state index is 13.2. The van der Waals surface area contributed by atoms with Crippen molar-refractivity contribution in [2.24, 2.45) is 4.99 Å². The van der Waals surface area contributed by atoms with Crippen molar-refractivity contribution in [3.05, 3.63) is 65.5 Å². The molecule has 146 valence electrons. The summed E-state index contributed by atoms with van der Waals surface area (Å²) in [6, 6.07) is 14.5. The van der Waals surface area contributed by atoms with Gasteiger partial charge >= 0.3 is 0 Å². The van der Waals surface area contributed by atoms with Crippen LogP contribution in [0.1, 0.15) is 18.1 Å². The standard InChI is InChI=1S/C21H28FN3O2/c1-3-23-21(24-12-11-17-5-4-6-19(22)15-17)25-16-18-7-9-20(10-8-18)27-14-13-26-2/h4-10,15H,3,11-14,16H2,1-2H3,(H2,23,24,25). The van der Waals surface area contributed by atoms with Crippen molar-refractivity contribution in [2.45, 2.75) is 19.9 Å².